The highest BCUT2D eigenvalue weighted by atomic mass is 19.4. The molecule has 0 radical (unpaired) electrons. The molecule has 7 heteroatoms. The molecule has 1 amide bonds. The van der Waals surface area contributed by atoms with Crippen LogP contribution in [-0.2, 0) is 10.2 Å². The number of halogens is 3. The van der Waals surface area contributed by atoms with Crippen LogP contribution >= 0.6 is 0 Å². The Balaban J connectivity index is 2.25. The van der Waals surface area contributed by atoms with E-state index in [9.17, 15) is 22.8 Å². The lowest BCUT2D eigenvalue weighted by molar-refractivity contribution is -0.274. The maximum atomic E-state index is 12.9. The fraction of sp³-hybridized carbons (Fsp3) is 0.333. The largest absolute Gasteiger partial charge is 0.573 e. The van der Waals surface area contributed by atoms with Gasteiger partial charge in [0.1, 0.15) is 12.0 Å². The van der Waals surface area contributed by atoms with Crippen molar-refractivity contribution in [1.82, 2.24) is 0 Å². The number of carbonyl (C=O) groups excluding carboxylic acids is 2. The van der Waals surface area contributed by atoms with Gasteiger partial charge in [0.15, 0.2) is 0 Å². The number of hydrogen-bond donors (Lipinski definition) is 0. The van der Waals surface area contributed by atoms with E-state index in [1.807, 2.05) is 26.8 Å². The molecule has 28 heavy (non-hydrogen) atoms. The molecule has 0 aliphatic carbocycles. The van der Waals surface area contributed by atoms with Crippen molar-refractivity contribution >= 4 is 17.9 Å². The lowest BCUT2D eigenvalue weighted by Gasteiger charge is -2.19. The van der Waals surface area contributed by atoms with Gasteiger partial charge in [0.05, 0.1) is 5.41 Å². The van der Waals surface area contributed by atoms with E-state index in [4.69, 9.17) is 0 Å². The number of amides is 1. The lowest BCUT2D eigenvalue weighted by Crippen LogP contribution is -2.35. The molecule has 4 nitrogen and oxygen atoms in total. The van der Waals surface area contributed by atoms with Gasteiger partial charge in [-0.1, -0.05) is 6.07 Å². The van der Waals surface area contributed by atoms with Crippen LogP contribution in [0.1, 0.15) is 42.3 Å². The molecule has 0 saturated heterocycles. The average Bonchev–Trinajstić information content (AvgIpc) is 2.79. The van der Waals surface area contributed by atoms with Gasteiger partial charge in [-0.05, 0) is 68.7 Å². The molecule has 0 aromatic heterocycles. The second-order valence-corrected chi connectivity index (χ2v) is 7.28. The maximum Gasteiger partial charge on any atom is 0.573 e. The number of rotatable bonds is 4. The number of aldehydes is 1. The molecule has 148 valence electrons. The number of nitrogens with zero attached hydrogens (tertiary/aromatic N) is 1. The van der Waals surface area contributed by atoms with E-state index >= 15 is 0 Å². The summed E-state index contributed by atoms with van der Waals surface area (Å²) in [4.78, 5) is 25.5. The number of aryl methyl sites for hydroxylation is 1. The molecule has 2 aromatic rings. The van der Waals surface area contributed by atoms with Crippen LogP contribution in [0.25, 0.3) is 11.1 Å². The van der Waals surface area contributed by atoms with Gasteiger partial charge < -0.3 is 9.64 Å². The molecule has 1 aliphatic heterocycles. The average molecular weight is 391 g/mol. The minimum atomic E-state index is -4.87. The van der Waals surface area contributed by atoms with Crippen LogP contribution in [0.15, 0.2) is 30.3 Å². The summed E-state index contributed by atoms with van der Waals surface area (Å²) in [5.41, 5.74) is 2.31. The Bertz CT molecular complexity index is 964. The molecule has 0 N–H and O–H groups in total. The second kappa shape index (κ2) is 6.65. The van der Waals surface area contributed by atoms with Gasteiger partial charge in [-0.25, -0.2) is 0 Å². The number of hydrogen-bond acceptors (Lipinski definition) is 3. The van der Waals surface area contributed by atoms with Crippen LogP contribution in [0.2, 0.25) is 0 Å². The Morgan fingerprint density at radius 2 is 1.82 bits per heavy atom. The van der Waals surface area contributed by atoms with Crippen molar-refractivity contribution in [2.24, 2.45) is 0 Å². The Hall–Kier alpha value is -2.83. The van der Waals surface area contributed by atoms with E-state index in [1.54, 1.807) is 17.9 Å². The van der Waals surface area contributed by atoms with Crippen LogP contribution in [0.5, 0.6) is 5.75 Å². The number of ether oxygens (including phenoxy) is 1. The first-order chi connectivity index (χ1) is 13.0. The third kappa shape index (κ3) is 3.25. The normalized spacial score (nSPS) is 15.5. The number of likely N-dealkylation sites (N-methyl/N-ethyl adjacent to an activating group) is 1. The maximum absolute atomic E-state index is 12.9. The number of alkyl halides is 3. The molecule has 3 rings (SSSR count). The zero-order chi connectivity index (χ0) is 20.9. The van der Waals surface area contributed by atoms with Gasteiger partial charge in [0.2, 0.25) is 5.91 Å². The van der Waals surface area contributed by atoms with Crippen LogP contribution in [0.4, 0.5) is 18.9 Å². The smallest absolute Gasteiger partial charge is 0.405 e. The zero-order valence-corrected chi connectivity index (χ0v) is 16.0. The van der Waals surface area contributed by atoms with Crippen molar-refractivity contribution in [3.63, 3.8) is 0 Å². The van der Waals surface area contributed by atoms with E-state index in [-0.39, 0.29) is 17.0 Å². The first-order valence-corrected chi connectivity index (χ1v) is 8.82. The van der Waals surface area contributed by atoms with Crippen molar-refractivity contribution in [2.75, 3.05) is 11.4 Å². The summed E-state index contributed by atoms with van der Waals surface area (Å²) in [6.07, 6.45) is -4.30. The van der Waals surface area contributed by atoms with Crippen molar-refractivity contribution in [3.8, 4) is 16.9 Å². The van der Waals surface area contributed by atoms with E-state index in [2.05, 4.69) is 4.74 Å². The van der Waals surface area contributed by atoms with E-state index < -0.39 is 17.5 Å². The van der Waals surface area contributed by atoms with Crippen molar-refractivity contribution in [3.05, 3.63) is 47.0 Å². The Kier molecular flexibility index (Phi) is 4.73. The predicted molar refractivity (Wildman–Crippen MR) is 99.7 cm³/mol. The molecule has 0 spiro atoms. The first-order valence-electron chi connectivity index (χ1n) is 8.82. The third-order valence-corrected chi connectivity index (χ3v) is 5.06. The Morgan fingerprint density at radius 1 is 1.14 bits per heavy atom. The molecule has 0 fully saturated rings. The Morgan fingerprint density at radius 3 is 2.39 bits per heavy atom. The minimum Gasteiger partial charge on any atom is -0.405 e. The number of anilines is 1. The van der Waals surface area contributed by atoms with Crippen LogP contribution < -0.4 is 9.64 Å². The highest BCUT2D eigenvalue weighted by molar-refractivity contribution is 6.08. The molecule has 0 atom stereocenters. The fourth-order valence-electron chi connectivity index (χ4n) is 3.63. The van der Waals surface area contributed by atoms with Crippen molar-refractivity contribution in [2.45, 2.75) is 39.5 Å². The summed E-state index contributed by atoms with van der Waals surface area (Å²) in [6.45, 7) is 7.70. The summed E-state index contributed by atoms with van der Waals surface area (Å²) in [7, 11) is 0. The molecule has 0 unspecified atom stereocenters. The Labute approximate surface area is 160 Å². The number of carbonyl (C=O) groups is 2. The van der Waals surface area contributed by atoms with Crippen LogP contribution in [0, 0.1) is 6.92 Å². The SMILES string of the molecule is CCN1C(=O)C(C)(C)c2cc(C)c(-c3cc(C=O)ccc3OC(F)(F)F)cc21. The predicted octanol–water partition coefficient (Wildman–Crippen LogP) is 5.02. The third-order valence-electron chi connectivity index (χ3n) is 5.06. The van der Waals surface area contributed by atoms with Crippen molar-refractivity contribution in [1.29, 1.82) is 0 Å². The zero-order valence-electron chi connectivity index (χ0n) is 16.0. The van der Waals surface area contributed by atoms with Gasteiger partial charge in [0, 0.05) is 23.4 Å². The highest BCUT2D eigenvalue weighted by Crippen LogP contribution is 2.46. The number of benzene rings is 2. The molecular weight excluding hydrogens is 371 g/mol. The van der Waals surface area contributed by atoms with E-state index in [0.717, 1.165) is 11.6 Å². The number of fused-ring (bicyclic) bond motifs is 1. The quantitative estimate of drug-likeness (QED) is 0.688. The molecule has 2 aromatic carbocycles. The van der Waals surface area contributed by atoms with Gasteiger partial charge in [0.25, 0.3) is 0 Å². The summed E-state index contributed by atoms with van der Waals surface area (Å²) in [5, 5.41) is 0. The topological polar surface area (TPSA) is 46.6 Å². The minimum absolute atomic E-state index is 0.0602. The van der Waals surface area contributed by atoms with Gasteiger partial charge >= 0.3 is 6.36 Å². The van der Waals surface area contributed by atoms with Crippen molar-refractivity contribution < 1.29 is 27.5 Å². The first kappa shape index (κ1) is 19.9. The monoisotopic (exact) mass is 391 g/mol. The molecular formula is C21H20F3NO3. The highest BCUT2D eigenvalue weighted by Gasteiger charge is 2.43. The van der Waals surface area contributed by atoms with E-state index in [0.29, 0.717) is 29.6 Å². The summed E-state index contributed by atoms with van der Waals surface area (Å²) in [5.74, 6) is -0.456. The lowest BCUT2D eigenvalue weighted by atomic mass is 9.84. The second-order valence-electron chi connectivity index (χ2n) is 7.28. The van der Waals surface area contributed by atoms with Gasteiger partial charge in [-0.15, -0.1) is 13.2 Å². The fourth-order valence-corrected chi connectivity index (χ4v) is 3.63. The van der Waals surface area contributed by atoms with Crippen LogP contribution in [0.3, 0.4) is 0 Å². The molecule has 0 bridgehead atoms. The molecule has 0 saturated carbocycles. The van der Waals surface area contributed by atoms with E-state index in [1.165, 1.54) is 12.1 Å². The van der Waals surface area contributed by atoms with Gasteiger partial charge in [-0.2, -0.15) is 0 Å². The van der Waals surface area contributed by atoms with Gasteiger partial charge in [-0.3, -0.25) is 9.59 Å². The summed E-state index contributed by atoms with van der Waals surface area (Å²) < 4.78 is 42.8. The standard InChI is InChI=1S/C21H20F3NO3/c1-5-25-17-10-14(12(2)8-16(17)20(3,4)19(25)27)15-9-13(11-26)6-7-18(15)28-21(22,23)24/h6-11H,5H2,1-4H3. The molecule has 1 aliphatic rings. The summed E-state index contributed by atoms with van der Waals surface area (Å²) >= 11 is 0. The summed E-state index contributed by atoms with van der Waals surface area (Å²) in [6, 6.07) is 7.29. The molecule has 1 heterocycles. The van der Waals surface area contributed by atoms with Crippen LogP contribution in [-0.4, -0.2) is 25.1 Å².